The van der Waals surface area contributed by atoms with Gasteiger partial charge in [0.15, 0.2) is 0 Å². The van der Waals surface area contributed by atoms with E-state index < -0.39 is 12.1 Å². The van der Waals surface area contributed by atoms with E-state index in [0.29, 0.717) is 27.8 Å². The second-order valence-corrected chi connectivity index (χ2v) is 7.13. The Morgan fingerprint density at radius 3 is 1.97 bits per heavy atom. The fourth-order valence-electron chi connectivity index (χ4n) is 2.72. The number of hydrogen-bond acceptors (Lipinski definition) is 5. The van der Waals surface area contributed by atoms with Crippen LogP contribution in [-0.4, -0.2) is 19.9 Å². The largest absolute Gasteiger partial charge is 0.474 e. The van der Waals surface area contributed by atoms with Crippen molar-refractivity contribution >= 4 is 17.6 Å². The van der Waals surface area contributed by atoms with Crippen molar-refractivity contribution in [1.29, 1.82) is 0 Å². The lowest BCUT2D eigenvalue weighted by Crippen LogP contribution is -2.20. The summed E-state index contributed by atoms with van der Waals surface area (Å²) in [5.41, 5.74) is 2.89. The zero-order valence-electron chi connectivity index (χ0n) is 17.1. The molecule has 0 aliphatic carbocycles. The number of carbonyl (C=O) groups excluding carboxylic acids is 1. The van der Waals surface area contributed by atoms with Crippen LogP contribution in [0.2, 0.25) is 5.02 Å². The molecular formula is C24H23ClO5. The first-order valence-electron chi connectivity index (χ1n) is 9.39. The summed E-state index contributed by atoms with van der Waals surface area (Å²) in [5.74, 6) is 1.38. The third-order valence-corrected chi connectivity index (χ3v) is 4.85. The number of carbonyl (C=O) groups is 1. The highest BCUT2D eigenvalue weighted by Crippen LogP contribution is 2.26. The number of halogens is 1. The summed E-state index contributed by atoms with van der Waals surface area (Å²) in [6, 6.07) is 19.7. The summed E-state index contributed by atoms with van der Waals surface area (Å²) in [5, 5.41) is 0.641. The zero-order valence-corrected chi connectivity index (χ0v) is 17.8. The molecule has 3 aromatic carbocycles. The molecule has 0 amide bonds. The summed E-state index contributed by atoms with van der Waals surface area (Å²) < 4.78 is 22.0. The molecule has 0 aromatic heterocycles. The van der Waals surface area contributed by atoms with Gasteiger partial charge < -0.3 is 18.9 Å². The minimum absolute atomic E-state index is 0.0422. The smallest absolute Gasteiger partial charge is 0.351 e. The van der Waals surface area contributed by atoms with Crippen molar-refractivity contribution < 1.29 is 23.7 Å². The Balaban J connectivity index is 1.65. The lowest BCUT2D eigenvalue weighted by molar-refractivity contribution is -0.149. The van der Waals surface area contributed by atoms with Gasteiger partial charge in [0, 0.05) is 10.6 Å². The van der Waals surface area contributed by atoms with Gasteiger partial charge >= 0.3 is 5.97 Å². The van der Waals surface area contributed by atoms with E-state index in [-0.39, 0.29) is 6.79 Å². The number of hydrogen-bond donors (Lipinski definition) is 0. The first-order chi connectivity index (χ1) is 14.5. The second-order valence-electron chi connectivity index (χ2n) is 6.70. The Morgan fingerprint density at radius 1 is 0.833 bits per heavy atom. The molecule has 0 bridgehead atoms. The SMILES string of the molecule is COC(=O)C(Oc1ccc(C)c(C)c1)c1ccc(OCOc2ccc(Cl)cc2)cc1. The van der Waals surface area contributed by atoms with Crippen LogP contribution in [0.3, 0.4) is 0 Å². The summed E-state index contributed by atoms with van der Waals surface area (Å²) in [7, 11) is 1.34. The molecule has 0 aliphatic rings. The highest BCUT2D eigenvalue weighted by molar-refractivity contribution is 6.30. The van der Waals surface area contributed by atoms with E-state index in [9.17, 15) is 4.79 Å². The normalized spacial score (nSPS) is 11.5. The van der Waals surface area contributed by atoms with Gasteiger partial charge in [-0.1, -0.05) is 29.8 Å². The van der Waals surface area contributed by atoms with Crippen LogP contribution in [0.5, 0.6) is 17.2 Å². The number of aryl methyl sites for hydroxylation is 2. The van der Waals surface area contributed by atoms with Crippen molar-refractivity contribution in [3.8, 4) is 17.2 Å². The van der Waals surface area contributed by atoms with Crippen LogP contribution < -0.4 is 14.2 Å². The van der Waals surface area contributed by atoms with Crippen LogP contribution in [0.25, 0.3) is 0 Å². The van der Waals surface area contributed by atoms with Crippen LogP contribution >= 0.6 is 11.6 Å². The molecule has 3 rings (SSSR count). The second kappa shape index (κ2) is 10.0. The van der Waals surface area contributed by atoms with Crippen LogP contribution in [0.4, 0.5) is 0 Å². The number of rotatable bonds is 8. The average molecular weight is 427 g/mol. The van der Waals surface area contributed by atoms with Crippen LogP contribution in [0.15, 0.2) is 66.7 Å². The van der Waals surface area contributed by atoms with Gasteiger partial charge in [0.2, 0.25) is 12.9 Å². The molecule has 30 heavy (non-hydrogen) atoms. The molecule has 5 nitrogen and oxygen atoms in total. The van der Waals surface area contributed by atoms with Crippen molar-refractivity contribution in [2.75, 3.05) is 13.9 Å². The molecule has 0 saturated carbocycles. The molecule has 0 radical (unpaired) electrons. The molecule has 0 fully saturated rings. The fraction of sp³-hybridized carbons (Fsp3) is 0.208. The Hall–Kier alpha value is -3.18. The van der Waals surface area contributed by atoms with Gasteiger partial charge in [0.25, 0.3) is 0 Å². The van der Waals surface area contributed by atoms with Crippen LogP contribution in [-0.2, 0) is 9.53 Å². The van der Waals surface area contributed by atoms with E-state index in [1.54, 1.807) is 48.5 Å². The number of esters is 1. The third kappa shape index (κ3) is 5.67. The maximum atomic E-state index is 12.3. The summed E-state index contributed by atoms with van der Waals surface area (Å²) in [4.78, 5) is 12.3. The maximum Gasteiger partial charge on any atom is 0.351 e. The molecule has 1 atom stereocenters. The molecule has 0 saturated heterocycles. The summed E-state index contributed by atoms with van der Waals surface area (Å²) in [6.07, 6.45) is -0.878. The lowest BCUT2D eigenvalue weighted by Gasteiger charge is -2.18. The van der Waals surface area contributed by atoms with Crippen molar-refractivity contribution in [2.45, 2.75) is 20.0 Å². The van der Waals surface area contributed by atoms with Gasteiger partial charge in [0.1, 0.15) is 17.2 Å². The molecule has 0 heterocycles. The monoisotopic (exact) mass is 426 g/mol. The van der Waals surface area contributed by atoms with Crippen molar-refractivity contribution in [1.82, 2.24) is 0 Å². The van der Waals surface area contributed by atoms with E-state index in [0.717, 1.165) is 11.1 Å². The third-order valence-electron chi connectivity index (χ3n) is 4.60. The predicted octanol–water partition coefficient (Wildman–Crippen LogP) is 5.67. The van der Waals surface area contributed by atoms with Gasteiger partial charge in [-0.05, 0) is 73.5 Å². The van der Waals surface area contributed by atoms with Crippen LogP contribution in [0, 0.1) is 13.8 Å². The van der Waals surface area contributed by atoms with E-state index in [1.165, 1.54) is 7.11 Å². The first kappa shape index (κ1) is 21.5. The molecule has 0 N–H and O–H groups in total. The zero-order chi connectivity index (χ0) is 21.5. The first-order valence-corrected chi connectivity index (χ1v) is 9.77. The fourth-order valence-corrected chi connectivity index (χ4v) is 2.84. The van der Waals surface area contributed by atoms with E-state index in [2.05, 4.69) is 0 Å². The standard InChI is InChI=1S/C24H23ClO5/c1-16-4-9-22(14-17(16)2)30-23(24(26)27-3)18-5-10-20(11-6-18)28-15-29-21-12-7-19(25)8-13-21/h4-14,23H,15H2,1-3H3. The molecule has 156 valence electrons. The van der Waals surface area contributed by atoms with Gasteiger partial charge in [-0.2, -0.15) is 0 Å². The molecule has 0 aliphatic heterocycles. The van der Waals surface area contributed by atoms with Crippen LogP contribution in [0.1, 0.15) is 22.8 Å². The Labute approximate surface area is 181 Å². The Morgan fingerprint density at radius 2 is 1.40 bits per heavy atom. The summed E-state index contributed by atoms with van der Waals surface area (Å²) >= 11 is 5.85. The molecule has 6 heteroatoms. The average Bonchev–Trinajstić information content (AvgIpc) is 2.76. The Kier molecular flexibility index (Phi) is 7.20. The van der Waals surface area contributed by atoms with E-state index in [4.69, 9.17) is 30.5 Å². The number of benzene rings is 3. The number of ether oxygens (including phenoxy) is 4. The molecule has 0 spiro atoms. The van der Waals surface area contributed by atoms with Gasteiger partial charge in [-0.3, -0.25) is 0 Å². The highest BCUT2D eigenvalue weighted by Gasteiger charge is 2.24. The van der Waals surface area contributed by atoms with Crippen molar-refractivity contribution in [3.63, 3.8) is 0 Å². The van der Waals surface area contributed by atoms with Crippen molar-refractivity contribution in [3.05, 3.63) is 88.4 Å². The van der Waals surface area contributed by atoms with Gasteiger partial charge in [-0.15, -0.1) is 0 Å². The van der Waals surface area contributed by atoms with Gasteiger partial charge in [0.05, 0.1) is 7.11 Å². The quantitative estimate of drug-likeness (QED) is 0.343. The van der Waals surface area contributed by atoms with E-state index >= 15 is 0 Å². The topological polar surface area (TPSA) is 54.0 Å². The number of methoxy groups -OCH3 is 1. The van der Waals surface area contributed by atoms with Gasteiger partial charge in [-0.25, -0.2) is 4.79 Å². The minimum Gasteiger partial charge on any atom is -0.474 e. The summed E-state index contributed by atoms with van der Waals surface area (Å²) in [6.45, 7) is 4.06. The predicted molar refractivity (Wildman–Crippen MR) is 115 cm³/mol. The van der Waals surface area contributed by atoms with E-state index in [1.807, 2.05) is 32.0 Å². The maximum absolute atomic E-state index is 12.3. The lowest BCUT2D eigenvalue weighted by atomic mass is 10.1. The Bertz CT molecular complexity index is 983. The molecular weight excluding hydrogens is 404 g/mol. The molecule has 3 aromatic rings. The minimum atomic E-state index is -0.878. The van der Waals surface area contributed by atoms with Crippen molar-refractivity contribution in [2.24, 2.45) is 0 Å². The highest BCUT2D eigenvalue weighted by atomic mass is 35.5. The molecule has 1 unspecified atom stereocenters.